The highest BCUT2D eigenvalue weighted by atomic mass is 16.1. The van der Waals surface area contributed by atoms with Crippen molar-refractivity contribution < 1.29 is 4.79 Å². The summed E-state index contributed by atoms with van der Waals surface area (Å²) in [6, 6.07) is 7.75. The van der Waals surface area contributed by atoms with Crippen molar-refractivity contribution in [2.75, 3.05) is 11.9 Å². The summed E-state index contributed by atoms with van der Waals surface area (Å²) in [6.07, 6.45) is 3.88. The van der Waals surface area contributed by atoms with E-state index in [1.165, 1.54) is 5.56 Å². The molecule has 20 heavy (non-hydrogen) atoms. The van der Waals surface area contributed by atoms with E-state index in [2.05, 4.69) is 15.7 Å². The zero-order valence-electron chi connectivity index (χ0n) is 11.5. The van der Waals surface area contributed by atoms with E-state index in [0.29, 0.717) is 6.54 Å². The highest BCUT2D eigenvalue weighted by molar-refractivity contribution is 5.94. The fraction of sp³-hybridized carbons (Fsp3) is 0.333. The second-order valence-corrected chi connectivity index (χ2v) is 5.03. The molecule has 0 radical (unpaired) electrons. The highest BCUT2D eigenvalue weighted by Gasteiger charge is 2.12. The largest absolute Gasteiger partial charge is 0.385 e. The molecule has 0 saturated heterocycles. The molecule has 1 aliphatic rings. The van der Waals surface area contributed by atoms with Crippen LogP contribution in [0.2, 0.25) is 0 Å². The topological polar surface area (TPSA) is 59.0 Å². The molecule has 2 N–H and O–H groups in total. The van der Waals surface area contributed by atoms with Gasteiger partial charge in [-0.2, -0.15) is 5.10 Å². The molecule has 0 aliphatic carbocycles. The first kappa shape index (κ1) is 12.7. The Hall–Kier alpha value is -2.30. The molecule has 0 spiro atoms. The number of carbonyl (C=O) groups is 1. The molecular formula is C15H18N4O. The number of hydrogen-bond acceptors (Lipinski definition) is 3. The van der Waals surface area contributed by atoms with E-state index < -0.39 is 0 Å². The fourth-order valence-corrected chi connectivity index (χ4v) is 2.46. The van der Waals surface area contributed by atoms with Crippen LogP contribution in [0, 0.1) is 0 Å². The van der Waals surface area contributed by atoms with Gasteiger partial charge in [0.2, 0.25) is 0 Å². The molecule has 104 valence electrons. The quantitative estimate of drug-likeness (QED) is 0.892. The molecule has 2 heterocycles. The second-order valence-electron chi connectivity index (χ2n) is 5.03. The van der Waals surface area contributed by atoms with Gasteiger partial charge >= 0.3 is 0 Å². The van der Waals surface area contributed by atoms with Gasteiger partial charge in [-0.05, 0) is 42.7 Å². The number of amides is 1. The monoisotopic (exact) mass is 270 g/mol. The van der Waals surface area contributed by atoms with Crippen LogP contribution >= 0.6 is 0 Å². The normalized spacial score (nSPS) is 13.4. The van der Waals surface area contributed by atoms with Crippen LogP contribution in [0.5, 0.6) is 0 Å². The standard InChI is InChI=1S/C15H18N4O/c1-19-13(6-8-18-19)10-17-15(20)12-4-5-14-11(9-12)3-2-7-16-14/h4-6,8-9,16H,2-3,7,10H2,1H3,(H,17,20). The van der Waals surface area contributed by atoms with Crippen molar-refractivity contribution in [3.63, 3.8) is 0 Å². The van der Waals surface area contributed by atoms with E-state index in [1.807, 2.05) is 31.3 Å². The summed E-state index contributed by atoms with van der Waals surface area (Å²) in [7, 11) is 1.87. The minimum Gasteiger partial charge on any atom is -0.385 e. The van der Waals surface area contributed by atoms with Crippen LogP contribution in [0.1, 0.15) is 28.0 Å². The number of nitrogens with zero attached hydrogens (tertiary/aromatic N) is 2. The first-order chi connectivity index (χ1) is 9.74. The van der Waals surface area contributed by atoms with Gasteiger partial charge in [0.15, 0.2) is 0 Å². The molecule has 0 saturated carbocycles. The summed E-state index contributed by atoms with van der Waals surface area (Å²) in [5.41, 5.74) is 4.08. The average Bonchev–Trinajstić information content (AvgIpc) is 2.89. The van der Waals surface area contributed by atoms with Crippen molar-refractivity contribution in [2.24, 2.45) is 7.05 Å². The van der Waals surface area contributed by atoms with Crippen molar-refractivity contribution in [2.45, 2.75) is 19.4 Å². The van der Waals surface area contributed by atoms with Gasteiger partial charge < -0.3 is 10.6 Å². The number of rotatable bonds is 3. The molecule has 5 heteroatoms. The lowest BCUT2D eigenvalue weighted by atomic mass is 10.0. The van der Waals surface area contributed by atoms with Crippen LogP contribution in [-0.2, 0) is 20.0 Å². The zero-order valence-corrected chi connectivity index (χ0v) is 11.5. The van der Waals surface area contributed by atoms with E-state index in [-0.39, 0.29) is 5.91 Å². The second kappa shape index (κ2) is 5.36. The molecule has 3 rings (SSSR count). The number of benzene rings is 1. The van der Waals surface area contributed by atoms with Crippen molar-refractivity contribution in [3.05, 3.63) is 47.3 Å². The summed E-state index contributed by atoms with van der Waals surface area (Å²) in [6.45, 7) is 1.50. The van der Waals surface area contributed by atoms with E-state index in [4.69, 9.17) is 0 Å². The Balaban J connectivity index is 1.69. The van der Waals surface area contributed by atoms with Crippen LogP contribution in [0.4, 0.5) is 5.69 Å². The van der Waals surface area contributed by atoms with Crippen molar-refractivity contribution in [1.29, 1.82) is 0 Å². The van der Waals surface area contributed by atoms with E-state index in [0.717, 1.165) is 36.3 Å². The smallest absolute Gasteiger partial charge is 0.251 e. The molecule has 1 aromatic carbocycles. The first-order valence-corrected chi connectivity index (χ1v) is 6.86. The number of aryl methyl sites for hydroxylation is 2. The van der Waals surface area contributed by atoms with Crippen LogP contribution < -0.4 is 10.6 Å². The Kier molecular flexibility index (Phi) is 3.41. The Labute approximate surface area is 118 Å². The van der Waals surface area contributed by atoms with Gasteiger partial charge in [-0.1, -0.05) is 0 Å². The SMILES string of the molecule is Cn1nccc1CNC(=O)c1ccc2c(c1)CCCN2. The molecule has 5 nitrogen and oxygen atoms in total. The first-order valence-electron chi connectivity index (χ1n) is 6.86. The molecule has 1 aliphatic heterocycles. The van der Waals surface area contributed by atoms with Gasteiger partial charge in [-0.25, -0.2) is 0 Å². The summed E-state index contributed by atoms with van der Waals surface area (Å²) in [5, 5.41) is 10.4. The zero-order chi connectivity index (χ0) is 13.9. The summed E-state index contributed by atoms with van der Waals surface area (Å²) in [5.74, 6) is -0.0421. The Morgan fingerprint density at radius 3 is 3.15 bits per heavy atom. The Bertz CT molecular complexity index is 633. The molecule has 0 atom stereocenters. The van der Waals surface area contributed by atoms with E-state index in [9.17, 15) is 4.79 Å². The number of hydrogen-bond donors (Lipinski definition) is 2. The Morgan fingerprint density at radius 2 is 2.35 bits per heavy atom. The highest BCUT2D eigenvalue weighted by Crippen LogP contribution is 2.22. The van der Waals surface area contributed by atoms with Gasteiger partial charge in [-0.3, -0.25) is 9.48 Å². The molecule has 0 fully saturated rings. The lowest BCUT2D eigenvalue weighted by molar-refractivity contribution is 0.0950. The molecule has 0 unspecified atom stereocenters. The maximum atomic E-state index is 12.2. The lowest BCUT2D eigenvalue weighted by Crippen LogP contribution is -2.24. The number of aromatic nitrogens is 2. The lowest BCUT2D eigenvalue weighted by Gasteiger charge is -2.18. The van der Waals surface area contributed by atoms with Gasteiger partial charge in [0, 0.05) is 31.0 Å². The average molecular weight is 270 g/mol. The van der Waals surface area contributed by atoms with Crippen molar-refractivity contribution in [3.8, 4) is 0 Å². The predicted molar refractivity (Wildman–Crippen MR) is 77.6 cm³/mol. The van der Waals surface area contributed by atoms with Crippen LogP contribution in [-0.4, -0.2) is 22.2 Å². The number of fused-ring (bicyclic) bond motifs is 1. The molecule has 0 bridgehead atoms. The maximum absolute atomic E-state index is 12.2. The van der Waals surface area contributed by atoms with Gasteiger partial charge in [0.05, 0.1) is 12.2 Å². The van der Waals surface area contributed by atoms with Gasteiger partial charge in [0.1, 0.15) is 0 Å². The molecular weight excluding hydrogens is 252 g/mol. The number of carbonyl (C=O) groups excluding carboxylic acids is 1. The molecule has 1 amide bonds. The van der Waals surface area contributed by atoms with E-state index >= 15 is 0 Å². The summed E-state index contributed by atoms with van der Waals surface area (Å²) < 4.78 is 1.76. The maximum Gasteiger partial charge on any atom is 0.251 e. The summed E-state index contributed by atoms with van der Waals surface area (Å²) >= 11 is 0. The third-order valence-corrected chi connectivity index (χ3v) is 3.66. The molecule has 2 aromatic rings. The molecule has 1 aromatic heterocycles. The van der Waals surface area contributed by atoms with Crippen molar-refractivity contribution in [1.82, 2.24) is 15.1 Å². The van der Waals surface area contributed by atoms with Crippen LogP contribution in [0.25, 0.3) is 0 Å². The van der Waals surface area contributed by atoms with Gasteiger partial charge in [-0.15, -0.1) is 0 Å². The summed E-state index contributed by atoms with van der Waals surface area (Å²) in [4.78, 5) is 12.2. The predicted octanol–water partition coefficient (Wildman–Crippen LogP) is 1.71. The van der Waals surface area contributed by atoms with E-state index in [1.54, 1.807) is 10.9 Å². The van der Waals surface area contributed by atoms with Crippen LogP contribution in [0.3, 0.4) is 0 Å². The van der Waals surface area contributed by atoms with Crippen molar-refractivity contribution >= 4 is 11.6 Å². The van der Waals surface area contributed by atoms with Gasteiger partial charge in [0.25, 0.3) is 5.91 Å². The minimum absolute atomic E-state index is 0.0421. The van der Waals surface area contributed by atoms with Crippen LogP contribution in [0.15, 0.2) is 30.5 Å². The fourth-order valence-electron chi connectivity index (χ4n) is 2.46. The third kappa shape index (κ3) is 2.52. The third-order valence-electron chi connectivity index (χ3n) is 3.66. The minimum atomic E-state index is -0.0421. The number of nitrogens with one attached hydrogen (secondary N) is 2. The number of anilines is 1. The Morgan fingerprint density at radius 1 is 1.45 bits per heavy atom.